The minimum Gasteiger partial charge on any atom is -0.393 e. The van der Waals surface area contributed by atoms with Gasteiger partial charge in [0.2, 0.25) is 6.41 Å². The second kappa shape index (κ2) is 7.45. The molecule has 5 nitrogen and oxygen atoms in total. The Morgan fingerprint density at radius 1 is 1.39 bits per heavy atom. The van der Waals surface area contributed by atoms with Crippen molar-refractivity contribution in [1.29, 1.82) is 0 Å². The van der Waals surface area contributed by atoms with Crippen LogP contribution in [0.2, 0.25) is 0 Å². The fourth-order valence-electron chi connectivity index (χ4n) is 1.44. The van der Waals surface area contributed by atoms with Crippen molar-refractivity contribution in [3.05, 3.63) is 29.8 Å². The van der Waals surface area contributed by atoms with Crippen LogP contribution in [-0.4, -0.2) is 30.1 Å². The molecule has 0 aromatic heterocycles. The zero-order chi connectivity index (χ0) is 13.4. The highest BCUT2D eigenvalue weighted by Crippen LogP contribution is 2.08. The molecule has 0 aliphatic rings. The minimum atomic E-state index is -0.371. The third-order valence-corrected chi connectivity index (χ3v) is 2.61. The summed E-state index contributed by atoms with van der Waals surface area (Å²) in [6.07, 6.45) is 1.44. The first-order valence-corrected chi connectivity index (χ1v) is 5.94. The SMILES string of the molecule is CCC(O)CCNC(=O)c1ccc(NC=O)cc1. The van der Waals surface area contributed by atoms with Gasteiger partial charge in [0.15, 0.2) is 0 Å². The standard InChI is InChI=1S/C13H18N2O3/c1-2-12(17)7-8-14-13(18)10-3-5-11(6-4-10)15-9-16/h3-6,9,12,17H,2,7-8H2,1H3,(H,14,18)(H,15,16). The summed E-state index contributed by atoms with van der Waals surface area (Å²) in [6.45, 7) is 2.34. The van der Waals surface area contributed by atoms with Crippen LogP contribution in [0.15, 0.2) is 24.3 Å². The smallest absolute Gasteiger partial charge is 0.251 e. The van der Waals surface area contributed by atoms with E-state index in [2.05, 4.69) is 10.6 Å². The van der Waals surface area contributed by atoms with E-state index in [-0.39, 0.29) is 12.0 Å². The molecule has 0 bridgehead atoms. The van der Waals surface area contributed by atoms with Crippen molar-refractivity contribution in [1.82, 2.24) is 5.32 Å². The highest BCUT2D eigenvalue weighted by atomic mass is 16.3. The number of amides is 2. The Labute approximate surface area is 106 Å². The van der Waals surface area contributed by atoms with Crippen LogP contribution >= 0.6 is 0 Å². The molecule has 0 heterocycles. The lowest BCUT2D eigenvalue weighted by molar-refractivity contribution is -0.105. The Balaban J connectivity index is 2.44. The van der Waals surface area contributed by atoms with Crippen LogP contribution in [0, 0.1) is 0 Å². The molecule has 2 amide bonds. The van der Waals surface area contributed by atoms with E-state index in [1.165, 1.54) is 0 Å². The Bertz CT molecular complexity index is 390. The van der Waals surface area contributed by atoms with Crippen molar-refractivity contribution in [3.8, 4) is 0 Å². The van der Waals surface area contributed by atoms with Crippen molar-refractivity contribution in [2.75, 3.05) is 11.9 Å². The summed E-state index contributed by atoms with van der Waals surface area (Å²) in [5.41, 5.74) is 1.17. The Hall–Kier alpha value is -1.88. The number of carbonyl (C=O) groups is 2. The first kappa shape index (κ1) is 14.2. The molecular weight excluding hydrogens is 232 g/mol. The lowest BCUT2D eigenvalue weighted by Gasteiger charge is -2.09. The van der Waals surface area contributed by atoms with Gasteiger partial charge in [-0.05, 0) is 37.1 Å². The molecule has 5 heteroatoms. The summed E-state index contributed by atoms with van der Waals surface area (Å²) < 4.78 is 0. The number of anilines is 1. The Kier molecular flexibility index (Phi) is 5.87. The van der Waals surface area contributed by atoms with Gasteiger partial charge in [0.1, 0.15) is 0 Å². The number of aliphatic hydroxyl groups is 1. The number of nitrogens with one attached hydrogen (secondary N) is 2. The van der Waals surface area contributed by atoms with E-state index in [4.69, 9.17) is 0 Å². The van der Waals surface area contributed by atoms with E-state index in [0.29, 0.717) is 37.0 Å². The molecule has 0 saturated carbocycles. The summed E-state index contributed by atoms with van der Waals surface area (Å²) in [4.78, 5) is 21.9. The summed E-state index contributed by atoms with van der Waals surface area (Å²) in [5, 5.41) is 14.6. The first-order chi connectivity index (χ1) is 8.67. The van der Waals surface area contributed by atoms with Crippen molar-refractivity contribution in [2.24, 2.45) is 0 Å². The minimum absolute atomic E-state index is 0.184. The molecule has 0 radical (unpaired) electrons. The maximum atomic E-state index is 11.7. The third-order valence-electron chi connectivity index (χ3n) is 2.61. The van der Waals surface area contributed by atoms with Gasteiger partial charge in [-0.1, -0.05) is 6.92 Å². The van der Waals surface area contributed by atoms with Crippen LogP contribution < -0.4 is 10.6 Å². The van der Waals surface area contributed by atoms with Gasteiger partial charge in [-0.2, -0.15) is 0 Å². The number of hydrogen-bond acceptors (Lipinski definition) is 3. The molecule has 0 spiro atoms. The summed E-state index contributed by atoms with van der Waals surface area (Å²) in [5.74, 6) is -0.184. The molecule has 1 atom stereocenters. The van der Waals surface area contributed by atoms with E-state index in [1.807, 2.05) is 6.92 Å². The van der Waals surface area contributed by atoms with Crippen LogP contribution in [0.1, 0.15) is 30.1 Å². The lowest BCUT2D eigenvalue weighted by atomic mass is 10.1. The monoisotopic (exact) mass is 250 g/mol. The van der Waals surface area contributed by atoms with Gasteiger partial charge in [0.05, 0.1) is 6.10 Å². The zero-order valence-electron chi connectivity index (χ0n) is 10.3. The highest BCUT2D eigenvalue weighted by molar-refractivity contribution is 5.94. The van der Waals surface area contributed by atoms with Gasteiger partial charge in [0.25, 0.3) is 5.91 Å². The van der Waals surface area contributed by atoms with Crippen molar-refractivity contribution in [3.63, 3.8) is 0 Å². The molecule has 0 aliphatic heterocycles. The molecule has 0 fully saturated rings. The quantitative estimate of drug-likeness (QED) is 0.635. The summed E-state index contributed by atoms with van der Waals surface area (Å²) in [6, 6.07) is 6.59. The Morgan fingerprint density at radius 3 is 2.61 bits per heavy atom. The van der Waals surface area contributed by atoms with Crippen molar-refractivity contribution < 1.29 is 14.7 Å². The van der Waals surface area contributed by atoms with Crippen LogP contribution in [0.25, 0.3) is 0 Å². The van der Waals surface area contributed by atoms with Crippen LogP contribution in [0.4, 0.5) is 5.69 Å². The van der Waals surface area contributed by atoms with Gasteiger partial charge in [-0.15, -0.1) is 0 Å². The average Bonchev–Trinajstić information content (AvgIpc) is 2.39. The normalized spacial score (nSPS) is 11.7. The predicted octanol–water partition coefficient (Wildman–Crippen LogP) is 1.15. The number of aliphatic hydroxyl groups excluding tert-OH is 1. The lowest BCUT2D eigenvalue weighted by Crippen LogP contribution is -2.26. The second-order valence-electron chi connectivity index (χ2n) is 3.95. The molecule has 18 heavy (non-hydrogen) atoms. The molecule has 0 saturated heterocycles. The molecule has 0 aliphatic carbocycles. The number of rotatable bonds is 7. The fraction of sp³-hybridized carbons (Fsp3) is 0.385. The molecule has 1 aromatic rings. The number of carbonyl (C=O) groups excluding carboxylic acids is 2. The molecule has 1 rings (SSSR count). The first-order valence-electron chi connectivity index (χ1n) is 5.94. The van der Waals surface area contributed by atoms with Crippen molar-refractivity contribution in [2.45, 2.75) is 25.9 Å². The molecule has 3 N–H and O–H groups in total. The van der Waals surface area contributed by atoms with Crippen LogP contribution in [0.3, 0.4) is 0 Å². The predicted molar refractivity (Wildman–Crippen MR) is 69.4 cm³/mol. The third kappa shape index (κ3) is 4.55. The van der Waals surface area contributed by atoms with E-state index in [9.17, 15) is 14.7 Å². The van der Waals surface area contributed by atoms with Gasteiger partial charge in [0, 0.05) is 17.8 Å². The highest BCUT2D eigenvalue weighted by Gasteiger charge is 2.06. The van der Waals surface area contributed by atoms with Gasteiger partial charge < -0.3 is 15.7 Å². The number of hydrogen-bond donors (Lipinski definition) is 3. The van der Waals surface area contributed by atoms with E-state index >= 15 is 0 Å². The van der Waals surface area contributed by atoms with Gasteiger partial charge in [-0.25, -0.2) is 0 Å². The zero-order valence-corrected chi connectivity index (χ0v) is 10.3. The van der Waals surface area contributed by atoms with Crippen LogP contribution in [-0.2, 0) is 4.79 Å². The van der Waals surface area contributed by atoms with E-state index in [0.717, 1.165) is 0 Å². The fourth-order valence-corrected chi connectivity index (χ4v) is 1.44. The molecular formula is C13H18N2O3. The van der Waals surface area contributed by atoms with Crippen LogP contribution in [0.5, 0.6) is 0 Å². The van der Waals surface area contributed by atoms with Gasteiger partial charge in [-0.3, -0.25) is 9.59 Å². The van der Waals surface area contributed by atoms with Gasteiger partial charge >= 0.3 is 0 Å². The Morgan fingerprint density at radius 2 is 2.06 bits per heavy atom. The van der Waals surface area contributed by atoms with Crippen molar-refractivity contribution >= 4 is 18.0 Å². The largest absolute Gasteiger partial charge is 0.393 e. The maximum absolute atomic E-state index is 11.7. The second-order valence-corrected chi connectivity index (χ2v) is 3.95. The average molecular weight is 250 g/mol. The molecule has 1 unspecified atom stereocenters. The maximum Gasteiger partial charge on any atom is 0.251 e. The molecule has 1 aromatic carbocycles. The topological polar surface area (TPSA) is 78.4 Å². The summed E-state index contributed by atoms with van der Waals surface area (Å²) in [7, 11) is 0. The molecule has 98 valence electrons. The van der Waals surface area contributed by atoms with E-state index < -0.39 is 0 Å². The summed E-state index contributed by atoms with van der Waals surface area (Å²) >= 11 is 0. The number of benzene rings is 1. The van der Waals surface area contributed by atoms with E-state index in [1.54, 1.807) is 24.3 Å².